The van der Waals surface area contributed by atoms with Crippen molar-refractivity contribution >= 4 is 17.3 Å². The second kappa shape index (κ2) is 7.93. The zero-order valence-electron chi connectivity index (χ0n) is 16.8. The topological polar surface area (TPSA) is 66.2 Å². The highest BCUT2D eigenvalue weighted by Crippen LogP contribution is 2.41. The molecule has 0 saturated carbocycles. The van der Waals surface area contributed by atoms with Gasteiger partial charge in [-0.15, -0.1) is 0 Å². The van der Waals surface area contributed by atoms with Crippen molar-refractivity contribution in [2.75, 3.05) is 13.2 Å². The van der Waals surface area contributed by atoms with Gasteiger partial charge in [-0.2, -0.15) is 0 Å². The van der Waals surface area contributed by atoms with Crippen molar-refractivity contribution in [3.63, 3.8) is 0 Å². The van der Waals surface area contributed by atoms with Crippen LogP contribution in [0.5, 0.6) is 0 Å². The van der Waals surface area contributed by atoms with Gasteiger partial charge in [-0.1, -0.05) is 12.1 Å². The highest BCUT2D eigenvalue weighted by molar-refractivity contribution is 7.80. The largest absolute Gasteiger partial charge is 0.395 e. The molecule has 0 radical (unpaired) electrons. The fraction of sp³-hybridized carbons (Fsp3) is 0.318. The number of aromatic nitrogens is 3. The Labute approximate surface area is 176 Å². The molecule has 3 aromatic heterocycles. The summed E-state index contributed by atoms with van der Waals surface area (Å²) in [6, 6.07) is 12.0. The van der Waals surface area contributed by atoms with Crippen LogP contribution in [0, 0.1) is 20.8 Å². The van der Waals surface area contributed by atoms with E-state index in [1.807, 2.05) is 30.5 Å². The maximum atomic E-state index is 9.65. The van der Waals surface area contributed by atoms with Crippen LogP contribution in [0.4, 0.5) is 0 Å². The molecule has 1 fully saturated rings. The van der Waals surface area contributed by atoms with Gasteiger partial charge in [-0.3, -0.25) is 4.98 Å². The third kappa shape index (κ3) is 3.41. The molecular weight excluding hydrogens is 382 g/mol. The van der Waals surface area contributed by atoms with Crippen LogP contribution in [-0.4, -0.2) is 42.8 Å². The number of aryl methyl sites for hydroxylation is 2. The predicted molar refractivity (Wildman–Crippen MR) is 117 cm³/mol. The molecule has 0 aliphatic carbocycles. The summed E-state index contributed by atoms with van der Waals surface area (Å²) in [5.41, 5.74) is 5.43. The molecule has 0 aromatic carbocycles. The molecule has 150 valence electrons. The molecule has 29 heavy (non-hydrogen) atoms. The number of β-amino-alcohol motifs (C(OH)–C–C–N with tert-alkyl or cyclic N) is 1. The molecule has 0 spiro atoms. The van der Waals surface area contributed by atoms with Crippen molar-refractivity contribution < 1.29 is 5.11 Å². The molecule has 1 saturated heterocycles. The van der Waals surface area contributed by atoms with E-state index >= 15 is 0 Å². The lowest BCUT2D eigenvalue weighted by Crippen LogP contribution is -2.32. The summed E-state index contributed by atoms with van der Waals surface area (Å²) in [5, 5.41) is 13.7. The van der Waals surface area contributed by atoms with E-state index in [2.05, 4.69) is 57.7 Å². The summed E-state index contributed by atoms with van der Waals surface area (Å²) in [6.45, 7) is 6.78. The van der Waals surface area contributed by atoms with E-state index in [-0.39, 0.29) is 18.7 Å². The van der Waals surface area contributed by atoms with Gasteiger partial charge < -0.3 is 19.9 Å². The maximum Gasteiger partial charge on any atom is 0.170 e. The van der Waals surface area contributed by atoms with Gasteiger partial charge in [0.15, 0.2) is 5.11 Å². The average molecular weight is 408 g/mol. The third-order valence-corrected chi connectivity index (χ3v) is 5.87. The van der Waals surface area contributed by atoms with Gasteiger partial charge in [0.25, 0.3) is 0 Å². The van der Waals surface area contributed by atoms with Crippen molar-refractivity contribution in [1.29, 1.82) is 0 Å². The van der Waals surface area contributed by atoms with Crippen LogP contribution >= 0.6 is 12.2 Å². The first kappa shape index (κ1) is 19.5. The Hall–Kier alpha value is -2.77. The molecule has 3 aromatic rings. The first-order chi connectivity index (χ1) is 14.0. The standard InChI is InChI=1S/C22H25N5OS/c1-14-7-6-10-24-21(14)27-15(2)13-17(16(27)3)20-19(18-8-4-5-9-23-18)25-22(29)26(20)11-12-28/h4-10,13,19-20,28H,11-12H2,1-3H3,(H,25,29)/t19-,20+/m0/s1. The molecule has 1 aliphatic rings. The number of aliphatic hydroxyl groups excluding tert-OH is 1. The maximum absolute atomic E-state index is 9.65. The minimum absolute atomic E-state index is 0.0331. The van der Waals surface area contributed by atoms with E-state index in [1.165, 1.54) is 0 Å². The summed E-state index contributed by atoms with van der Waals surface area (Å²) >= 11 is 5.61. The van der Waals surface area contributed by atoms with Gasteiger partial charge in [0.2, 0.25) is 0 Å². The monoisotopic (exact) mass is 407 g/mol. The molecule has 7 heteroatoms. The molecule has 0 amide bonds. The molecule has 1 aliphatic heterocycles. The number of hydrogen-bond acceptors (Lipinski definition) is 4. The lowest BCUT2D eigenvalue weighted by Gasteiger charge is -2.27. The van der Waals surface area contributed by atoms with Crippen molar-refractivity contribution in [3.8, 4) is 5.82 Å². The minimum atomic E-state index is -0.0889. The van der Waals surface area contributed by atoms with Crippen LogP contribution in [0.15, 0.2) is 48.8 Å². The van der Waals surface area contributed by atoms with Crippen molar-refractivity contribution in [2.45, 2.75) is 32.9 Å². The number of rotatable bonds is 5. The van der Waals surface area contributed by atoms with Crippen LogP contribution in [0.25, 0.3) is 5.82 Å². The molecule has 6 nitrogen and oxygen atoms in total. The molecule has 0 unspecified atom stereocenters. The van der Waals surface area contributed by atoms with Gasteiger partial charge in [-0.05, 0) is 68.4 Å². The number of pyridine rings is 2. The second-order valence-corrected chi connectivity index (χ2v) is 7.74. The van der Waals surface area contributed by atoms with E-state index in [4.69, 9.17) is 12.2 Å². The summed E-state index contributed by atoms with van der Waals surface area (Å²) in [4.78, 5) is 11.2. The van der Waals surface area contributed by atoms with Gasteiger partial charge in [0.1, 0.15) is 5.82 Å². The van der Waals surface area contributed by atoms with E-state index in [0.717, 1.165) is 34.0 Å². The molecule has 4 heterocycles. The normalized spacial score (nSPS) is 18.9. The molecule has 2 N–H and O–H groups in total. The molecule has 0 bridgehead atoms. The lowest BCUT2D eigenvalue weighted by molar-refractivity contribution is 0.223. The SMILES string of the molecule is Cc1cccnc1-n1c(C)cc([C@@H]2[C@H](c3ccccn3)NC(=S)N2CCO)c1C. The lowest BCUT2D eigenvalue weighted by atomic mass is 9.97. The Morgan fingerprint density at radius 2 is 1.90 bits per heavy atom. The number of hydrogen-bond donors (Lipinski definition) is 2. The minimum Gasteiger partial charge on any atom is -0.395 e. The van der Waals surface area contributed by atoms with Crippen LogP contribution in [0.1, 0.15) is 40.3 Å². The van der Waals surface area contributed by atoms with Gasteiger partial charge in [0.05, 0.1) is 24.4 Å². The predicted octanol–water partition coefficient (Wildman–Crippen LogP) is 3.16. The van der Waals surface area contributed by atoms with Gasteiger partial charge >= 0.3 is 0 Å². The number of nitrogens with zero attached hydrogens (tertiary/aromatic N) is 4. The van der Waals surface area contributed by atoms with Crippen LogP contribution < -0.4 is 5.32 Å². The molecular formula is C22H25N5OS. The smallest absolute Gasteiger partial charge is 0.170 e. The Kier molecular flexibility index (Phi) is 5.34. The van der Waals surface area contributed by atoms with Crippen LogP contribution in [-0.2, 0) is 0 Å². The summed E-state index contributed by atoms with van der Waals surface area (Å²) < 4.78 is 2.19. The zero-order chi connectivity index (χ0) is 20.5. The quantitative estimate of drug-likeness (QED) is 0.634. The summed E-state index contributed by atoms with van der Waals surface area (Å²) in [6.07, 6.45) is 3.62. The van der Waals surface area contributed by atoms with Crippen LogP contribution in [0.3, 0.4) is 0 Å². The van der Waals surface area contributed by atoms with Crippen LogP contribution in [0.2, 0.25) is 0 Å². The number of aliphatic hydroxyl groups is 1. The third-order valence-electron chi connectivity index (χ3n) is 5.52. The van der Waals surface area contributed by atoms with E-state index in [9.17, 15) is 5.11 Å². The van der Waals surface area contributed by atoms with E-state index in [0.29, 0.717) is 11.7 Å². The first-order valence-electron chi connectivity index (χ1n) is 9.72. The fourth-order valence-electron chi connectivity index (χ4n) is 4.22. The Bertz CT molecular complexity index is 1030. The van der Waals surface area contributed by atoms with Gasteiger partial charge in [-0.25, -0.2) is 4.98 Å². The van der Waals surface area contributed by atoms with Gasteiger partial charge in [0, 0.05) is 30.3 Å². The highest BCUT2D eigenvalue weighted by Gasteiger charge is 2.41. The molecule has 2 atom stereocenters. The Balaban J connectivity index is 1.85. The number of nitrogens with one attached hydrogen (secondary N) is 1. The summed E-state index contributed by atoms with van der Waals surface area (Å²) in [7, 11) is 0. The summed E-state index contributed by atoms with van der Waals surface area (Å²) in [5.74, 6) is 0.936. The highest BCUT2D eigenvalue weighted by atomic mass is 32.1. The fourth-order valence-corrected chi connectivity index (χ4v) is 4.55. The zero-order valence-corrected chi connectivity index (χ0v) is 17.6. The number of thiocarbonyl (C=S) groups is 1. The van der Waals surface area contributed by atoms with E-state index in [1.54, 1.807) is 6.20 Å². The average Bonchev–Trinajstić information content (AvgIpc) is 3.19. The van der Waals surface area contributed by atoms with Crippen molar-refractivity contribution in [2.24, 2.45) is 0 Å². The van der Waals surface area contributed by atoms with E-state index < -0.39 is 0 Å². The molecule has 4 rings (SSSR count). The van der Waals surface area contributed by atoms with Crippen molar-refractivity contribution in [3.05, 3.63) is 77.0 Å². The second-order valence-electron chi connectivity index (χ2n) is 7.35. The first-order valence-corrected chi connectivity index (χ1v) is 10.1. The van der Waals surface area contributed by atoms with Crippen molar-refractivity contribution in [1.82, 2.24) is 24.8 Å². The Morgan fingerprint density at radius 1 is 1.10 bits per heavy atom. The Morgan fingerprint density at radius 3 is 2.59 bits per heavy atom.